The van der Waals surface area contributed by atoms with Gasteiger partial charge in [0.05, 0.1) is 23.4 Å². The Hall–Kier alpha value is -3.79. The molecule has 2 aromatic heterocycles. The second kappa shape index (κ2) is 10.3. The van der Waals surface area contributed by atoms with Crippen LogP contribution >= 0.6 is 11.6 Å². The number of nitrogens with zero attached hydrogens (tertiary/aromatic N) is 3. The number of benzene rings is 2. The van der Waals surface area contributed by atoms with Gasteiger partial charge in [0.25, 0.3) is 0 Å². The van der Waals surface area contributed by atoms with Crippen molar-refractivity contribution in [2.24, 2.45) is 13.0 Å². The predicted octanol–water partition coefficient (Wildman–Crippen LogP) is 5.20. The van der Waals surface area contributed by atoms with Crippen molar-refractivity contribution in [3.05, 3.63) is 87.9 Å². The average molecular weight is 533 g/mol. The van der Waals surface area contributed by atoms with Crippen LogP contribution in [0.25, 0.3) is 16.6 Å². The molecule has 0 aliphatic carbocycles. The fraction of sp³-hybridized carbons (Fsp3) is 0.269. The van der Waals surface area contributed by atoms with Crippen LogP contribution < -0.4 is 15.6 Å². The number of carbonyl (C=O) groups excluding carboxylic acids is 1. The molecule has 2 atom stereocenters. The number of aromatic nitrogens is 3. The summed E-state index contributed by atoms with van der Waals surface area (Å²) in [6.45, 7) is 3.39. The molecule has 0 bridgehead atoms. The van der Waals surface area contributed by atoms with Crippen molar-refractivity contribution in [1.29, 1.82) is 0 Å². The first kappa shape index (κ1) is 26.3. The molecule has 2 unspecified atom stereocenters. The SMILES string of the molecule is CC(C)C(NC(=O)C(F)(F)F)C(Oc1ccc2c(cnn2-c2ccc(=O)n(C)c2)c1)c1cccc(Cl)c1. The summed E-state index contributed by atoms with van der Waals surface area (Å²) in [6.07, 6.45) is -2.74. The van der Waals surface area contributed by atoms with Crippen molar-refractivity contribution in [2.75, 3.05) is 0 Å². The zero-order valence-corrected chi connectivity index (χ0v) is 20.9. The molecule has 0 spiro atoms. The molecular weight excluding hydrogens is 509 g/mol. The molecule has 11 heteroatoms. The lowest BCUT2D eigenvalue weighted by atomic mass is 9.93. The van der Waals surface area contributed by atoms with Gasteiger partial charge in [0.1, 0.15) is 11.9 Å². The number of fused-ring (bicyclic) bond motifs is 1. The van der Waals surface area contributed by atoms with Crippen LogP contribution in [0.4, 0.5) is 13.2 Å². The van der Waals surface area contributed by atoms with Crippen LogP contribution in [0, 0.1) is 5.92 Å². The van der Waals surface area contributed by atoms with Gasteiger partial charge < -0.3 is 14.6 Å². The summed E-state index contributed by atoms with van der Waals surface area (Å²) in [5.41, 5.74) is 1.77. The van der Waals surface area contributed by atoms with E-state index in [4.69, 9.17) is 16.3 Å². The Kier molecular flexibility index (Phi) is 7.31. The smallest absolute Gasteiger partial charge is 0.471 e. The molecule has 7 nitrogen and oxygen atoms in total. The zero-order valence-electron chi connectivity index (χ0n) is 20.2. The highest BCUT2D eigenvalue weighted by Gasteiger charge is 2.42. The van der Waals surface area contributed by atoms with Crippen molar-refractivity contribution < 1.29 is 22.7 Å². The highest BCUT2D eigenvalue weighted by molar-refractivity contribution is 6.30. The molecule has 2 aromatic carbocycles. The molecule has 1 N–H and O–H groups in total. The summed E-state index contributed by atoms with van der Waals surface area (Å²) < 4.78 is 48.6. The highest BCUT2D eigenvalue weighted by atomic mass is 35.5. The second-order valence-electron chi connectivity index (χ2n) is 8.95. The Morgan fingerprint density at radius 3 is 2.51 bits per heavy atom. The Labute approximate surface area is 215 Å². The van der Waals surface area contributed by atoms with E-state index in [-0.39, 0.29) is 5.56 Å². The minimum Gasteiger partial charge on any atom is -0.484 e. The molecule has 0 saturated carbocycles. The molecule has 2 heterocycles. The number of alkyl halides is 3. The number of hydrogen-bond donors (Lipinski definition) is 1. The molecule has 4 aromatic rings. The van der Waals surface area contributed by atoms with Gasteiger partial charge in [-0.15, -0.1) is 0 Å². The third kappa shape index (κ3) is 5.80. The third-order valence-corrected chi connectivity index (χ3v) is 6.13. The van der Waals surface area contributed by atoms with Crippen molar-refractivity contribution in [3.8, 4) is 11.4 Å². The van der Waals surface area contributed by atoms with Gasteiger partial charge in [0.15, 0.2) is 0 Å². The van der Waals surface area contributed by atoms with E-state index in [1.165, 1.54) is 10.6 Å². The first-order chi connectivity index (χ1) is 17.4. The zero-order chi connectivity index (χ0) is 26.9. The normalized spacial score (nSPS) is 13.5. The topological polar surface area (TPSA) is 78.2 Å². The van der Waals surface area contributed by atoms with Crippen LogP contribution in [-0.2, 0) is 11.8 Å². The number of nitrogens with one attached hydrogen (secondary N) is 1. The number of halogens is 4. The average Bonchev–Trinajstić information content (AvgIpc) is 3.25. The second-order valence-corrected chi connectivity index (χ2v) is 9.38. The number of pyridine rings is 1. The number of rotatable bonds is 7. The standard InChI is InChI=1S/C26H24ClF3N4O3/c1-15(2)23(32-25(36)26(28,29)30)24(16-5-4-6-18(27)11-16)37-20-8-9-21-17(12-20)13-31-34(21)19-7-10-22(35)33(3)14-19/h4-15,23-24H,1-3H3,(H,32,36). The van der Waals surface area contributed by atoms with Crippen LogP contribution in [0.15, 0.2) is 71.8 Å². The summed E-state index contributed by atoms with van der Waals surface area (Å²) in [7, 11) is 1.64. The molecule has 4 rings (SSSR count). The molecule has 37 heavy (non-hydrogen) atoms. The molecule has 0 aliphatic rings. The predicted molar refractivity (Wildman–Crippen MR) is 134 cm³/mol. The van der Waals surface area contributed by atoms with E-state index in [0.29, 0.717) is 27.4 Å². The maximum absolute atomic E-state index is 13.1. The monoisotopic (exact) mass is 532 g/mol. The van der Waals surface area contributed by atoms with Crippen LogP contribution in [0.5, 0.6) is 5.75 Å². The van der Waals surface area contributed by atoms with Gasteiger partial charge in [-0.05, 0) is 47.9 Å². The fourth-order valence-electron chi connectivity index (χ4n) is 4.00. The first-order valence-electron chi connectivity index (χ1n) is 11.4. The third-order valence-electron chi connectivity index (χ3n) is 5.89. The van der Waals surface area contributed by atoms with Crippen LogP contribution in [-0.4, -0.2) is 32.5 Å². The molecule has 0 fully saturated rings. The minimum atomic E-state index is -5.04. The van der Waals surface area contributed by atoms with Gasteiger partial charge in [-0.2, -0.15) is 18.3 Å². The van der Waals surface area contributed by atoms with Gasteiger partial charge in [-0.25, -0.2) is 4.68 Å². The molecular formula is C26H24ClF3N4O3. The number of hydrogen-bond acceptors (Lipinski definition) is 4. The van der Waals surface area contributed by atoms with Crippen LogP contribution in [0.3, 0.4) is 0 Å². The molecule has 0 saturated heterocycles. The Balaban J connectivity index is 1.71. The van der Waals surface area contributed by atoms with E-state index in [1.807, 2.05) is 0 Å². The lowest BCUT2D eigenvalue weighted by Crippen LogP contribution is -2.49. The maximum atomic E-state index is 13.1. The van der Waals surface area contributed by atoms with Crippen molar-refractivity contribution in [1.82, 2.24) is 19.7 Å². The maximum Gasteiger partial charge on any atom is 0.471 e. The fourth-order valence-corrected chi connectivity index (χ4v) is 4.20. The van der Waals surface area contributed by atoms with Crippen LogP contribution in [0.2, 0.25) is 5.02 Å². The summed E-state index contributed by atoms with van der Waals surface area (Å²) in [4.78, 5) is 23.6. The number of ether oxygens (including phenoxy) is 1. The summed E-state index contributed by atoms with van der Waals surface area (Å²) in [5.74, 6) is -2.09. The largest absolute Gasteiger partial charge is 0.484 e. The van der Waals surface area contributed by atoms with Gasteiger partial charge in [-0.1, -0.05) is 37.6 Å². The summed E-state index contributed by atoms with van der Waals surface area (Å²) >= 11 is 6.16. The quantitative estimate of drug-likeness (QED) is 0.355. The first-order valence-corrected chi connectivity index (χ1v) is 11.8. The Morgan fingerprint density at radius 2 is 1.86 bits per heavy atom. The number of aryl methyl sites for hydroxylation is 1. The van der Waals surface area contributed by atoms with Gasteiger partial charge >= 0.3 is 12.1 Å². The molecule has 0 radical (unpaired) electrons. The Morgan fingerprint density at radius 1 is 1.11 bits per heavy atom. The van der Waals surface area contributed by atoms with Crippen molar-refractivity contribution in [2.45, 2.75) is 32.2 Å². The van der Waals surface area contributed by atoms with Gasteiger partial charge in [0, 0.05) is 29.7 Å². The summed E-state index contributed by atoms with van der Waals surface area (Å²) in [5, 5.41) is 7.58. The van der Waals surface area contributed by atoms with Gasteiger partial charge in [-0.3, -0.25) is 9.59 Å². The van der Waals surface area contributed by atoms with E-state index in [9.17, 15) is 22.8 Å². The highest BCUT2D eigenvalue weighted by Crippen LogP contribution is 2.32. The summed E-state index contributed by atoms with van der Waals surface area (Å²) in [6, 6.07) is 13.8. The molecule has 194 valence electrons. The van der Waals surface area contributed by atoms with Crippen molar-refractivity contribution >= 4 is 28.4 Å². The molecule has 0 aliphatic heterocycles. The van der Waals surface area contributed by atoms with Crippen molar-refractivity contribution in [3.63, 3.8) is 0 Å². The number of carbonyl (C=O) groups is 1. The number of amides is 1. The Bertz CT molecular complexity index is 1500. The van der Waals surface area contributed by atoms with E-state index < -0.39 is 30.1 Å². The van der Waals surface area contributed by atoms with E-state index in [1.54, 1.807) is 86.5 Å². The lowest BCUT2D eigenvalue weighted by Gasteiger charge is -2.32. The van der Waals surface area contributed by atoms with E-state index >= 15 is 0 Å². The molecule has 1 amide bonds. The minimum absolute atomic E-state index is 0.153. The van der Waals surface area contributed by atoms with Gasteiger partial charge in [0.2, 0.25) is 5.56 Å². The van der Waals surface area contributed by atoms with E-state index in [0.717, 1.165) is 5.52 Å². The van der Waals surface area contributed by atoms with E-state index in [2.05, 4.69) is 10.4 Å². The lowest BCUT2D eigenvalue weighted by molar-refractivity contribution is -0.175. The van der Waals surface area contributed by atoms with Crippen LogP contribution in [0.1, 0.15) is 25.5 Å².